The van der Waals surface area contributed by atoms with Crippen LogP contribution in [0.4, 0.5) is 0 Å². The predicted molar refractivity (Wildman–Crippen MR) is 90.8 cm³/mol. The van der Waals surface area contributed by atoms with Gasteiger partial charge in [-0.1, -0.05) is 6.07 Å². The molecule has 1 saturated heterocycles. The summed E-state index contributed by atoms with van der Waals surface area (Å²) in [6, 6.07) is 5.39. The van der Waals surface area contributed by atoms with E-state index in [2.05, 4.69) is 9.88 Å². The molecule has 1 aliphatic rings. The molecule has 0 radical (unpaired) electrons. The van der Waals surface area contributed by atoms with Gasteiger partial charge in [-0.05, 0) is 44.9 Å². The fraction of sp³-hybridized carbons (Fsp3) is 0.500. The summed E-state index contributed by atoms with van der Waals surface area (Å²) in [5.74, 6) is -0.202. The van der Waals surface area contributed by atoms with E-state index in [0.717, 1.165) is 30.6 Å². The number of carbonyl (C=O) groups is 1. The van der Waals surface area contributed by atoms with Crippen LogP contribution in [0.15, 0.2) is 29.2 Å². The van der Waals surface area contributed by atoms with E-state index in [1.54, 1.807) is 16.7 Å². The Bertz CT molecular complexity index is 800. The summed E-state index contributed by atoms with van der Waals surface area (Å²) in [5, 5.41) is 0. The third kappa shape index (κ3) is 3.64. The van der Waals surface area contributed by atoms with Crippen molar-refractivity contribution >= 4 is 11.6 Å². The molecule has 2 aromatic rings. The van der Waals surface area contributed by atoms with Crippen LogP contribution in [-0.4, -0.2) is 40.0 Å². The molecule has 1 fully saturated rings. The van der Waals surface area contributed by atoms with Gasteiger partial charge in [-0.25, -0.2) is 4.98 Å². The Morgan fingerprint density at radius 3 is 3.04 bits per heavy atom. The molecule has 0 amide bonds. The number of hydrogen-bond acceptors (Lipinski definition) is 5. The number of aromatic nitrogens is 2. The highest BCUT2D eigenvalue weighted by molar-refractivity contribution is 5.72. The van der Waals surface area contributed by atoms with E-state index in [4.69, 9.17) is 4.74 Å². The molecule has 0 aromatic carbocycles. The van der Waals surface area contributed by atoms with Gasteiger partial charge in [0, 0.05) is 25.4 Å². The summed E-state index contributed by atoms with van der Waals surface area (Å²) in [6.07, 6.45) is 3.61. The first-order chi connectivity index (χ1) is 11.6. The van der Waals surface area contributed by atoms with Gasteiger partial charge in [0.05, 0.1) is 18.2 Å². The lowest BCUT2D eigenvalue weighted by Gasteiger charge is -2.31. The van der Waals surface area contributed by atoms with Gasteiger partial charge >= 0.3 is 5.97 Å². The average Bonchev–Trinajstić information content (AvgIpc) is 2.56. The topological polar surface area (TPSA) is 63.9 Å². The van der Waals surface area contributed by atoms with Gasteiger partial charge in [-0.3, -0.25) is 18.9 Å². The lowest BCUT2D eigenvalue weighted by Crippen LogP contribution is -2.39. The van der Waals surface area contributed by atoms with Crippen molar-refractivity contribution in [1.82, 2.24) is 14.3 Å². The molecule has 3 heterocycles. The maximum Gasteiger partial charge on any atom is 0.310 e. The summed E-state index contributed by atoms with van der Waals surface area (Å²) in [6.45, 7) is 6.33. The first kappa shape index (κ1) is 16.6. The SMILES string of the molecule is CCOC(=O)[C@H]1CCCN(Cc2cc(=O)n3cc(C)ccc3n2)C1. The van der Waals surface area contributed by atoms with E-state index in [1.165, 1.54) is 0 Å². The monoisotopic (exact) mass is 329 g/mol. The number of fused-ring (bicyclic) bond motifs is 1. The fourth-order valence-electron chi connectivity index (χ4n) is 3.22. The molecule has 0 spiro atoms. The zero-order chi connectivity index (χ0) is 17.1. The van der Waals surface area contributed by atoms with Gasteiger partial charge in [-0.15, -0.1) is 0 Å². The van der Waals surface area contributed by atoms with E-state index >= 15 is 0 Å². The minimum Gasteiger partial charge on any atom is -0.466 e. The van der Waals surface area contributed by atoms with Crippen molar-refractivity contribution in [2.75, 3.05) is 19.7 Å². The second kappa shape index (κ2) is 7.13. The molecule has 6 heteroatoms. The highest BCUT2D eigenvalue weighted by Gasteiger charge is 2.27. The molecule has 128 valence electrons. The van der Waals surface area contributed by atoms with Crippen molar-refractivity contribution < 1.29 is 9.53 Å². The summed E-state index contributed by atoms with van der Waals surface area (Å²) in [4.78, 5) is 31.0. The van der Waals surface area contributed by atoms with Crippen LogP contribution in [0.2, 0.25) is 0 Å². The quantitative estimate of drug-likeness (QED) is 0.800. The minimum absolute atomic E-state index is 0.0716. The number of nitrogens with zero attached hydrogens (tertiary/aromatic N) is 3. The Kier molecular flexibility index (Phi) is 4.94. The Balaban J connectivity index is 1.76. The van der Waals surface area contributed by atoms with Gasteiger partial charge in [0.25, 0.3) is 5.56 Å². The van der Waals surface area contributed by atoms with Crippen molar-refractivity contribution in [2.45, 2.75) is 33.2 Å². The van der Waals surface area contributed by atoms with Crippen LogP contribution in [0.1, 0.15) is 31.0 Å². The number of piperidine rings is 1. The molecule has 24 heavy (non-hydrogen) atoms. The van der Waals surface area contributed by atoms with Gasteiger partial charge in [0.1, 0.15) is 5.65 Å². The first-order valence-corrected chi connectivity index (χ1v) is 8.44. The van der Waals surface area contributed by atoms with E-state index in [0.29, 0.717) is 25.3 Å². The highest BCUT2D eigenvalue weighted by Crippen LogP contribution is 2.19. The molecule has 2 aromatic heterocycles. The molecule has 1 aliphatic heterocycles. The molecule has 0 N–H and O–H groups in total. The van der Waals surface area contributed by atoms with Gasteiger partial charge in [0.15, 0.2) is 0 Å². The molecular formula is C18H23N3O3. The lowest BCUT2D eigenvalue weighted by atomic mass is 9.98. The average molecular weight is 329 g/mol. The highest BCUT2D eigenvalue weighted by atomic mass is 16.5. The number of rotatable bonds is 4. The second-order valence-electron chi connectivity index (χ2n) is 6.35. The zero-order valence-corrected chi connectivity index (χ0v) is 14.2. The van der Waals surface area contributed by atoms with E-state index < -0.39 is 0 Å². The number of pyridine rings is 1. The molecule has 0 bridgehead atoms. The Morgan fingerprint density at radius 2 is 2.25 bits per heavy atom. The van der Waals surface area contributed by atoms with Gasteiger partial charge < -0.3 is 4.74 Å². The molecule has 0 saturated carbocycles. The largest absolute Gasteiger partial charge is 0.466 e. The van der Waals surface area contributed by atoms with Crippen LogP contribution in [-0.2, 0) is 16.1 Å². The fourth-order valence-corrected chi connectivity index (χ4v) is 3.22. The Hall–Kier alpha value is -2.21. The molecule has 3 rings (SSSR count). The standard InChI is InChI=1S/C18H23N3O3/c1-3-24-18(23)14-5-4-8-20(11-14)12-15-9-17(22)21-10-13(2)6-7-16(21)19-15/h6-7,9-10,14H,3-5,8,11-12H2,1-2H3/t14-/m0/s1. The molecule has 6 nitrogen and oxygen atoms in total. The summed E-state index contributed by atoms with van der Waals surface area (Å²) in [5.41, 5.74) is 2.35. The minimum atomic E-state index is -0.121. The van der Waals surface area contributed by atoms with E-state index in [9.17, 15) is 9.59 Å². The van der Waals surface area contributed by atoms with Crippen molar-refractivity contribution in [3.8, 4) is 0 Å². The first-order valence-electron chi connectivity index (χ1n) is 8.44. The number of carbonyl (C=O) groups excluding carboxylic acids is 1. The van der Waals surface area contributed by atoms with Crippen LogP contribution in [0, 0.1) is 12.8 Å². The molecule has 1 atom stereocenters. The van der Waals surface area contributed by atoms with Crippen LogP contribution in [0.3, 0.4) is 0 Å². The predicted octanol–water partition coefficient (Wildman–Crippen LogP) is 1.78. The number of likely N-dealkylation sites (tertiary alicyclic amines) is 1. The van der Waals surface area contributed by atoms with Crippen LogP contribution >= 0.6 is 0 Å². The smallest absolute Gasteiger partial charge is 0.310 e. The van der Waals surface area contributed by atoms with Crippen molar-refractivity contribution in [1.29, 1.82) is 0 Å². The Labute approximate surface area is 141 Å². The van der Waals surface area contributed by atoms with Crippen molar-refractivity contribution in [3.63, 3.8) is 0 Å². The summed E-state index contributed by atoms with van der Waals surface area (Å²) in [7, 11) is 0. The Morgan fingerprint density at radius 1 is 1.42 bits per heavy atom. The summed E-state index contributed by atoms with van der Waals surface area (Å²) < 4.78 is 6.70. The second-order valence-corrected chi connectivity index (χ2v) is 6.35. The number of hydrogen-bond donors (Lipinski definition) is 0. The van der Waals surface area contributed by atoms with E-state index in [-0.39, 0.29) is 17.4 Å². The van der Waals surface area contributed by atoms with Crippen molar-refractivity contribution in [2.24, 2.45) is 5.92 Å². The van der Waals surface area contributed by atoms with E-state index in [1.807, 2.05) is 26.0 Å². The molecular weight excluding hydrogens is 306 g/mol. The molecule has 0 aliphatic carbocycles. The number of aryl methyl sites for hydroxylation is 1. The van der Waals surface area contributed by atoms with Gasteiger partial charge in [-0.2, -0.15) is 0 Å². The zero-order valence-electron chi connectivity index (χ0n) is 14.2. The lowest BCUT2D eigenvalue weighted by molar-refractivity contribution is -0.150. The number of ether oxygens (including phenoxy) is 1. The number of esters is 1. The van der Waals surface area contributed by atoms with Gasteiger partial charge in [0.2, 0.25) is 0 Å². The summed E-state index contributed by atoms with van der Waals surface area (Å²) >= 11 is 0. The van der Waals surface area contributed by atoms with Crippen LogP contribution in [0.25, 0.3) is 5.65 Å². The maximum absolute atomic E-state index is 12.3. The molecule has 0 unspecified atom stereocenters. The maximum atomic E-state index is 12.3. The third-order valence-electron chi connectivity index (χ3n) is 4.37. The van der Waals surface area contributed by atoms with Crippen LogP contribution < -0.4 is 5.56 Å². The third-order valence-corrected chi connectivity index (χ3v) is 4.37. The normalized spacial score (nSPS) is 18.7. The van der Waals surface area contributed by atoms with Crippen molar-refractivity contribution in [3.05, 3.63) is 46.0 Å². The van der Waals surface area contributed by atoms with Crippen LogP contribution in [0.5, 0.6) is 0 Å².